The molecule has 0 saturated carbocycles. The summed E-state index contributed by atoms with van der Waals surface area (Å²) in [6.07, 6.45) is 3.72. The highest BCUT2D eigenvalue weighted by atomic mass is 19.1. The first-order valence-electron chi connectivity index (χ1n) is 4.94. The van der Waals surface area contributed by atoms with E-state index in [1.165, 1.54) is 11.6 Å². The first-order valence-corrected chi connectivity index (χ1v) is 4.94. The second kappa shape index (κ2) is 3.93. The molecule has 0 amide bonds. The minimum atomic E-state index is -0.136. The van der Waals surface area contributed by atoms with E-state index in [1.54, 1.807) is 6.07 Å². The molecular formula is C12H14FN. The topological polar surface area (TPSA) is 12.0 Å². The zero-order valence-corrected chi connectivity index (χ0v) is 8.09. The van der Waals surface area contributed by atoms with Crippen LogP contribution in [0.2, 0.25) is 0 Å². The minimum absolute atomic E-state index is 0.136. The van der Waals surface area contributed by atoms with Crippen LogP contribution in [-0.2, 0) is 6.42 Å². The van der Waals surface area contributed by atoms with Crippen LogP contribution < -0.4 is 5.32 Å². The summed E-state index contributed by atoms with van der Waals surface area (Å²) in [4.78, 5) is 0. The van der Waals surface area contributed by atoms with Gasteiger partial charge in [0.05, 0.1) is 0 Å². The number of fused-ring (bicyclic) bond motifs is 1. The van der Waals surface area contributed by atoms with Gasteiger partial charge in [-0.1, -0.05) is 12.1 Å². The summed E-state index contributed by atoms with van der Waals surface area (Å²) in [5.74, 6) is -0.136. The van der Waals surface area contributed by atoms with Crippen LogP contribution in [0.25, 0.3) is 0 Å². The predicted octanol–water partition coefficient (Wildman–Crippen LogP) is 2.59. The van der Waals surface area contributed by atoms with Crippen LogP contribution in [0.4, 0.5) is 4.39 Å². The molecule has 1 N–H and O–H groups in total. The molecule has 0 saturated heterocycles. The van der Waals surface area contributed by atoms with Gasteiger partial charge >= 0.3 is 0 Å². The van der Waals surface area contributed by atoms with Crippen LogP contribution in [0.5, 0.6) is 0 Å². The van der Waals surface area contributed by atoms with E-state index in [0.717, 1.165) is 24.9 Å². The lowest BCUT2D eigenvalue weighted by Crippen LogP contribution is -2.29. The van der Waals surface area contributed by atoms with Gasteiger partial charge in [0.1, 0.15) is 5.82 Å². The van der Waals surface area contributed by atoms with Crippen molar-refractivity contribution in [3.63, 3.8) is 0 Å². The van der Waals surface area contributed by atoms with Crippen LogP contribution in [-0.4, -0.2) is 6.54 Å². The fourth-order valence-corrected chi connectivity index (χ4v) is 2.00. The van der Waals surface area contributed by atoms with Gasteiger partial charge in [0.15, 0.2) is 0 Å². The smallest absolute Gasteiger partial charge is 0.123 e. The van der Waals surface area contributed by atoms with Crippen molar-refractivity contribution < 1.29 is 4.39 Å². The van der Waals surface area contributed by atoms with Gasteiger partial charge in [0, 0.05) is 6.04 Å². The van der Waals surface area contributed by atoms with Gasteiger partial charge in [-0.05, 0) is 42.6 Å². The minimum Gasteiger partial charge on any atom is -0.309 e. The van der Waals surface area contributed by atoms with Crippen molar-refractivity contribution in [2.24, 2.45) is 0 Å². The average Bonchev–Trinajstić information content (AvgIpc) is 2.18. The molecule has 0 aromatic heterocycles. The predicted molar refractivity (Wildman–Crippen MR) is 55.7 cm³/mol. The van der Waals surface area contributed by atoms with E-state index in [4.69, 9.17) is 0 Å². The summed E-state index contributed by atoms with van der Waals surface area (Å²) in [6, 6.07) is 5.37. The molecule has 1 aliphatic rings. The number of hydrogen-bond acceptors (Lipinski definition) is 1. The first kappa shape index (κ1) is 9.41. The summed E-state index contributed by atoms with van der Waals surface area (Å²) < 4.78 is 13.0. The highest BCUT2D eigenvalue weighted by Gasteiger charge is 2.18. The molecule has 14 heavy (non-hydrogen) atoms. The third kappa shape index (κ3) is 1.70. The summed E-state index contributed by atoms with van der Waals surface area (Å²) in [7, 11) is 0. The third-order valence-corrected chi connectivity index (χ3v) is 2.67. The van der Waals surface area contributed by atoms with E-state index in [-0.39, 0.29) is 5.82 Å². The van der Waals surface area contributed by atoms with E-state index in [9.17, 15) is 4.39 Å². The van der Waals surface area contributed by atoms with Crippen molar-refractivity contribution in [1.82, 2.24) is 5.32 Å². The molecule has 0 spiro atoms. The van der Waals surface area contributed by atoms with Crippen LogP contribution in [0, 0.1) is 5.82 Å². The van der Waals surface area contributed by atoms with Crippen LogP contribution in [0.3, 0.4) is 0 Å². The van der Waals surface area contributed by atoms with Crippen molar-refractivity contribution in [3.8, 4) is 0 Å². The Balaban J connectivity index is 2.34. The lowest BCUT2D eigenvalue weighted by atomic mass is 9.92. The molecule has 0 aliphatic carbocycles. The second-order valence-corrected chi connectivity index (χ2v) is 3.62. The number of benzene rings is 1. The Morgan fingerprint density at radius 1 is 1.57 bits per heavy atom. The average molecular weight is 191 g/mol. The lowest BCUT2D eigenvalue weighted by Gasteiger charge is -2.26. The summed E-state index contributed by atoms with van der Waals surface area (Å²) in [6.45, 7) is 4.66. The molecule has 1 atom stereocenters. The van der Waals surface area contributed by atoms with Crippen molar-refractivity contribution in [2.75, 3.05) is 6.54 Å². The molecule has 2 heteroatoms. The molecule has 1 unspecified atom stereocenters. The number of rotatable bonds is 2. The Bertz CT molecular complexity index is 346. The Hall–Kier alpha value is -1.15. The molecule has 0 radical (unpaired) electrons. The fraction of sp³-hybridized carbons (Fsp3) is 0.333. The maximum atomic E-state index is 13.0. The molecule has 0 bridgehead atoms. The van der Waals surface area contributed by atoms with Crippen molar-refractivity contribution in [2.45, 2.75) is 18.9 Å². The molecule has 1 nitrogen and oxygen atoms in total. The van der Waals surface area contributed by atoms with Gasteiger partial charge < -0.3 is 5.32 Å². The molecule has 1 aromatic rings. The zero-order valence-electron chi connectivity index (χ0n) is 8.09. The fourth-order valence-electron chi connectivity index (χ4n) is 2.00. The summed E-state index contributed by atoms with van der Waals surface area (Å²) >= 11 is 0. The van der Waals surface area contributed by atoms with Gasteiger partial charge in [-0.15, -0.1) is 6.58 Å². The SMILES string of the molecule is C=CCC1NCCc2cc(F)ccc21. The standard InChI is InChI=1S/C12H14FN/c1-2-3-12-11-5-4-10(13)8-9(11)6-7-14-12/h2,4-5,8,12,14H,1,3,6-7H2. The highest BCUT2D eigenvalue weighted by Crippen LogP contribution is 2.25. The van der Waals surface area contributed by atoms with Gasteiger partial charge in [-0.25, -0.2) is 4.39 Å². The largest absolute Gasteiger partial charge is 0.309 e. The molecule has 2 rings (SSSR count). The van der Waals surface area contributed by atoms with Crippen LogP contribution in [0.1, 0.15) is 23.6 Å². The van der Waals surface area contributed by atoms with E-state index >= 15 is 0 Å². The second-order valence-electron chi connectivity index (χ2n) is 3.62. The van der Waals surface area contributed by atoms with E-state index in [0.29, 0.717) is 6.04 Å². The molecule has 74 valence electrons. The van der Waals surface area contributed by atoms with Gasteiger partial charge in [0.2, 0.25) is 0 Å². The maximum absolute atomic E-state index is 13.0. The van der Waals surface area contributed by atoms with Crippen LogP contribution >= 0.6 is 0 Å². The van der Waals surface area contributed by atoms with Gasteiger partial charge in [0.25, 0.3) is 0 Å². The Morgan fingerprint density at radius 2 is 2.43 bits per heavy atom. The maximum Gasteiger partial charge on any atom is 0.123 e. The Kier molecular flexibility index (Phi) is 2.64. The lowest BCUT2D eigenvalue weighted by molar-refractivity contribution is 0.505. The van der Waals surface area contributed by atoms with Crippen molar-refractivity contribution in [1.29, 1.82) is 0 Å². The zero-order chi connectivity index (χ0) is 9.97. The molecule has 1 aromatic carbocycles. The van der Waals surface area contributed by atoms with E-state index in [1.807, 2.05) is 12.1 Å². The highest BCUT2D eigenvalue weighted by molar-refractivity contribution is 5.33. The van der Waals surface area contributed by atoms with E-state index < -0.39 is 0 Å². The quantitative estimate of drug-likeness (QED) is 0.708. The van der Waals surface area contributed by atoms with E-state index in [2.05, 4.69) is 11.9 Å². The summed E-state index contributed by atoms with van der Waals surface area (Å²) in [5, 5.41) is 3.40. The molecular weight excluding hydrogens is 177 g/mol. The normalized spacial score (nSPS) is 20.2. The summed E-state index contributed by atoms with van der Waals surface area (Å²) in [5.41, 5.74) is 2.35. The first-order chi connectivity index (χ1) is 6.81. The Labute approximate surface area is 83.6 Å². The van der Waals surface area contributed by atoms with Gasteiger partial charge in [-0.3, -0.25) is 0 Å². The third-order valence-electron chi connectivity index (χ3n) is 2.67. The number of halogens is 1. The van der Waals surface area contributed by atoms with Crippen LogP contribution in [0.15, 0.2) is 30.9 Å². The number of hydrogen-bond donors (Lipinski definition) is 1. The van der Waals surface area contributed by atoms with Crippen molar-refractivity contribution in [3.05, 3.63) is 47.8 Å². The molecule has 1 aliphatic heterocycles. The number of nitrogens with one attached hydrogen (secondary N) is 1. The van der Waals surface area contributed by atoms with Gasteiger partial charge in [-0.2, -0.15) is 0 Å². The van der Waals surface area contributed by atoms with Crippen molar-refractivity contribution >= 4 is 0 Å². The monoisotopic (exact) mass is 191 g/mol. The molecule has 0 fully saturated rings. The molecule has 1 heterocycles. The Morgan fingerprint density at radius 3 is 3.21 bits per heavy atom.